The van der Waals surface area contributed by atoms with Crippen molar-refractivity contribution in [1.82, 2.24) is 5.32 Å². The highest BCUT2D eigenvalue weighted by molar-refractivity contribution is 7.92. The summed E-state index contributed by atoms with van der Waals surface area (Å²) in [5.74, 6) is 1.42. The number of ether oxygens (including phenoxy) is 2. The van der Waals surface area contributed by atoms with E-state index in [1.165, 1.54) is 11.4 Å². The van der Waals surface area contributed by atoms with E-state index >= 15 is 0 Å². The minimum absolute atomic E-state index is 0.127. The molecule has 0 saturated carbocycles. The number of nitrogens with one attached hydrogen (secondary N) is 1. The third-order valence-corrected chi connectivity index (χ3v) is 5.83. The van der Waals surface area contributed by atoms with Crippen molar-refractivity contribution < 1.29 is 22.7 Å². The Morgan fingerprint density at radius 3 is 2.10 bits per heavy atom. The fourth-order valence-electron chi connectivity index (χ4n) is 2.91. The van der Waals surface area contributed by atoms with Gasteiger partial charge in [-0.2, -0.15) is 0 Å². The highest BCUT2D eigenvalue weighted by Crippen LogP contribution is 2.24. The molecule has 0 aliphatic carbocycles. The number of hydrogen-bond donors (Lipinski definition) is 1. The van der Waals surface area contributed by atoms with Crippen molar-refractivity contribution in [3.63, 3.8) is 0 Å². The molecule has 0 saturated heterocycles. The van der Waals surface area contributed by atoms with Crippen molar-refractivity contribution in [3.8, 4) is 11.5 Å². The number of sulfonamides is 1. The van der Waals surface area contributed by atoms with Crippen molar-refractivity contribution in [1.29, 1.82) is 0 Å². The van der Waals surface area contributed by atoms with Crippen molar-refractivity contribution in [3.05, 3.63) is 54.1 Å². The SMILES string of the molecule is COc1ccc([C@H](CC(C)C)NC(=O)COc2ccc(N(C)S(C)(=O)=O)cc2)cc1. The summed E-state index contributed by atoms with van der Waals surface area (Å²) in [5, 5.41) is 3.03. The molecule has 30 heavy (non-hydrogen) atoms. The number of amides is 1. The van der Waals surface area contributed by atoms with Gasteiger partial charge in [0.25, 0.3) is 5.91 Å². The van der Waals surface area contributed by atoms with Crippen LogP contribution in [0, 0.1) is 5.92 Å². The molecular weight excluding hydrogens is 404 g/mol. The highest BCUT2D eigenvalue weighted by atomic mass is 32.2. The zero-order valence-electron chi connectivity index (χ0n) is 18.1. The predicted molar refractivity (Wildman–Crippen MR) is 119 cm³/mol. The summed E-state index contributed by atoms with van der Waals surface area (Å²) >= 11 is 0. The van der Waals surface area contributed by atoms with Crippen LogP contribution in [-0.4, -0.2) is 41.3 Å². The van der Waals surface area contributed by atoms with E-state index in [4.69, 9.17) is 9.47 Å². The van der Waals surface area contributed by atoms with Gasteiger partial charge in [-0.25, -0.2) is 8.42 Å². The van der Waals surface area contributed by atoms with Crippen LogP contribution in [0.15, 0.2) is 48.5 Å². The number of carbonyl (C=O) groups is 1. The van der Waals surface area contributed by atoms with Gasteiger partial charge in [-0.05, 0) is 54.3 Å². The minimum atomic E-state index is -3.33. The van der Waals surface area contributed by atoms with Gasteiger partial charge in [0, 0.05) is 7.05 Å². The molecule has 0 aromatic heterocycles. The first-order valence-electron chi connectivity index (χ1n) is 9.70. The van der Waals surface area contributed by atoms with Crippen LogP contribution in [0.1, 0.15) is 31.9 Å². The Morgan fingerprint density at radius 2 is 1.60 bits per heavy atom. The molecule has 1 N–H and O–H groups in total. The smallest absolute Gasteiger partial charge is 0.258 e. The van der Waals surface area contributed by atoms with Gasteiger partial charge in [0.2, 0.25) is 10.0 Å². The van der Waals surface area contributed by atoms with Crippen LogP contribution in [0.25, 0.3) is 0 Å². The van der Waals surface area contributed by atoms with Crippen LogP contribution in [-0.2, 0) is 14.8 Å². The summed E-state index contributed by atoms with van der Waals surface area (Å²) < 4.78 is 35.1. The Balaban J connectivity index is 1.98. The maximum Gasteiger partial charge on any atom is 0.258 e. The molecule has 0 aliphatic heterocycles. The zero-order chi connectivity index (χ0) is 22.3. The summed E-state index contributed by atoms with van der Waals surface area (Å²) in [7, 11) is -0.233. The molecule has 1 amide bonds. The topological polar surface area (TPSA) is 84.9 Å². The van der Waals surface area contributed by atoms with Gasteiger partial charge in [0.05, 0.1) is 25.1 Å². The monoisotopic (exact) mass is 434 g/mol. The van der Waals surface area contributed by atoms with Crippen molar-refractivity contribution in [2.45, 2.75) is 26.3 Å². The van der Waals surface area contributed by atoms with Gasteiger partial charge in [-0.3, -0.25) is 9.10 Å². The van der Waals surface area contributed by atoms with E-state index in [0.29, 0.717) is 17.4 Å². The number of nitrogens with zero attached hydrogens (tertiary/aromatic N) is 1. The molecule has 0 bridgehead atoms. The lowest BCUT2D eigenvalue weighted by molar-refractivity contribution is -0.124. The van der Waals surface area contributed by atoms with Gasteiger partial charge in [0.1, 0.15) is 11.5 Å². The number of anilines is 1. The van der Waals surface area contributed by atoms with E-state index in [0.717, 1.165) is 24.0 Å². The van der Waals surface area contributed by atoms with Crippen LogP contribution >= 0.6 is 0 Å². The fraction of sp³-hybridized carbons (Fsp3) is 0.409. The lowest BCUT2D eigenvalue weighted by Crippen LogP contribution is -2.33. The fourth-order valence-corrected chi connectivity index (χ4v) is 3.42. The van der Waals surface area contributed by atoms with E-state index in [9.17, 15) is 13.2 Å². The summed E-state index contributed by atoms with van der Waals surface area (Å²) in [4.78, 5) is 12.5. The molecule has 8 heteroatoms. The van der Waals surface area contributed by atoms with E-state index in [1.54, 1.807) is 31.4 Å². The number of carbonyl (C=O) groups excluding carboxylic acids is 1. The Hall–Kier alpha value is -2.74. The zero-order valence-corrected chi connectivity index (χ0v) is 18.9. The normalized spacial score (nSPS) is 12.3. The molecule has 164 valence electrons. The van der Waals surface area contributed by atoms with Gasteiger partial charge in [-0.1, -0.05) is 26.0 Å². The second-order valence-electron chi connectivity index (χ2n) is 7.54. The van der Waals surface area contributed by atoms with Crippen LogP contribution in [0.3, 0.4) is 0 Å². The molecule has 1 atom stereocenters. The van der Waals surface area contributed by atoms with Gasteiger partial charge in [0.15, 0.2) is 6.61 Å². The molecule has 0 aliphatic rings. The molecule has 0 radical (unpaired) electrons. The first-order valence-corrected chi connectivity index (χ1v) is 11.5. The molecule has 2 aromatic carbocycles. The Bertz CT molecular complexity index is 925. The molecular formula is C22H30N2O5S. The number of benzene rings is 2. The second kappa shape index (κ2) is 10.3. The van der Waals surface area contributed by atoms with E-state index in [1.807, 2.05) is 24.3 Å². The third-order valence-electron chi connectivity index (χ3n) is 4.63. The molecule has 0 spiro atoms. The van der Waals surface area contributed by atoms with Gasteiger partial charge in [-0.15, -0.1) is 0 Å². The first kappa shape index (κ1) is 23.5. The summed E-state index contributed by atoms with van der Waals surface area (Å²) in [6.07, 6.45) is 1.93. The van der Waals surface area contributed by atoms with Crippen LogP contribution in [0.2, 0.25) is 0 Å². The highest BCUT2D eigenvalue weighted by Gasteiger charge is 2.17. The van der Waals surface area contributed by atoms with Crippen molar-refractivity contribution >= 4 is 21.6 Å². The molecule has 0 heterocycles. The van der Waals surface area contributed by atoms with Crippen molar-refractivity contribution in [2.24, 2.45) is 5.92 Å². The van der Waals surface area contributed by atoms with Gasteiger partial charge < -0.3 is 14.8 Å². The molecule has 2 aromatic rings. The summed E-state index contributed by atoms with van der Waals surface area (Å²) in [5.41, 5.74) is 1.52. The van der Waals surface area contributed by atoms with Crippen LogP contribution in [0.5, 0.6) is 11.5 Å². The lowest BCUT2D eigenvalue weighted by atomic mass is 9.97. The summed E-state index contributed by atoms with van der Waals surface area (Å²) in [6, 6.07) is 14.1. The quantitative estimate of drug-likeness (QED) is 0.620. The minimum Gasteiger partial charge on any atom is -0.497 e. The first-order chi connectivity index (χ1) is 14.1. The van der Waals surface area contributed by atoms with E-state index in [-0.39, 0.29) is 18.6 Å². The maximum absolute atomic E-state index is 12.5. The maximum atomic E-state index is 12.5. The number of hydrogen-bond acceptors (Lipinski definition) is 5. The second-order valence-corrected chi connectivity index (χ2v) is 9.55. The standard InChI is InChI=1S/C22H30N2O5S/c1-16(2)14-21(17-6-10-19(28-4)11-7-17)23-22(25)15-29-20-12-8-18(9-13-20)24(3)30(5,26)27/h6-13,16,21H,14-15H2,1-5H3,(H,23,25)/t21-/m0/s1. The Kier molecular flexibility index (Phi) is 8.11. The largest absolute Gasteiger partial charge is 0.497 e. The summed E-state index contributed by atoms with van der Waals surface area (Å²) in [6.45, 7) is 4.08. The Morgan fingerprint density at radius 1 is 1.03 bits per heavy atom. The van der Waals surface area contributed by atoms with E-state index in [2.05, 4.69) is 19.2 Å². The van der Waals surface area contributed by atoms with E-state index < -0.39 is 10.0 Å². The molecule has 2 rings (SSSR count). The Labute approximate surface area is 179 Å². The van der Waals surface area contributed by atoms with Crippen LogP contribution in [0.4, 0.5) is 5.69 Å². The molecule has 0 unspecified atom stereocenters. The van der Waals surface area contributed by atoms with Crippen molar-refractivity contribution in [2.75, 3.05) is 31.3 Å². The third kappa shape index (κ3) is 6.95. The molecule has 7 nitrogen and oxygen atoms in total. The predicted octanol–water partition coefficient (Wildman–Crippen LogP) is 3.37. The number of methoxy groups -OCH3 is 1. The average molecular weight is 435 g/mol. The lowest BCUT2D eigenvalue weighted by Gasteiger charge is -2.21. The average Bonchev–Trinajstić information content (AvgIpc) is 2.70. The van der Waals surface area contributed by atoms with Gasteiger partial charge >= 0.3 is 0 Å². The number of rotatable bonds is 10. The molecule has 0 fully saturated rings. The van der Waals surface area contributed by atoms with Crippen LogP contribution < -0.4 is 19.1 Å².